The summed E-state index contributed by atoms with van der Waals surface area (Å²) >= 11 is 0. The molecule has 9 heteroatoms. The van der Waals surface area contributed by atoms with Crippen LogP contribution in [0.1, 0.15) is 35.8 Å². The van der Waals surface area contributed by atoms with Crippen molar-refractivity contribution in [2.45, 2.75) is 25.8 Å². The maximum absolute atomic E-state index is 13.0. The lowest BCUT2D eigenvalue weighted by atomic mass is 9.89. The zero-order chi connectivity index (χ0) is 26.2. The number of para-hydroxylation sites is 1. The molecular weight excluding hydrogens is 468 g/mol. The fraction of sp³-hybridized carbons (Fsp3) is 0.393. The highest BCUT2D eigenvalue weighted by molar-refractivity contribution is 5.95. The number of nitrogens with one attached hydrogen (secondary N) is 3. The largest absolute Gasteiger partial charge is 0.383 e. The first kappa shape index (κ1) is 26.4. The molecule has 1 fully saturated rings. The number of benzene rings is 2. The van der Waals surface area contributed by atoms with E-state index in [1.807, 2.05) is 50.2 Å². The average Bonchev–Trinajstić information content (AvgIpc) is 3.51. The summed E-state index contributed by atoms with van der Waals surface area (Å²) in [7, 11) is 1.71. The maximum atomic E-state index is 13.0. The van der Waals surface area contributed by atoms with Gasteiger partial charge in [0.2, 0.25) is 0 Å². The third-order valence-corrected chi connectivity index (χ3v) is 6.48. The Labute approximate surface area is 218 Å². The van der Waals surface area contributed by atoms with E-state index in [0.717, 1.165) is 25.3 Å². The number of carbonyl (C=O) groups is 2. The Hall–Kier alpha value is -3.69. The number of amides is 3. The quantitative estimate of drug-likeness (QED) is 0.392. The van der Waals surface area contributed by atoms with E-state index in [1.54, 1.807) is 17.9 Å². The van der Waals surface area contributed by atoms with E-state index in [2.05, 4.69) is 50.2 Å². The van der Waals surface area contributed by atoms with Gasteiger partial charge in [-0.2, -0.15) is 5.10 Å². The molecule has 0 bridgehead atoms. The number of aromatic nitrogens is 2. The molecule has 4 rings (SSSR count). The van der Waals surface area contributed by atoms with Crippen LogP contribution in [-0.2, 0) is 4.74 Å². The molecule has 196 valence electrons. The van der Waals surface area contributed by atoms with E-state index in [4.69, 9.17) is 4.74 Å². The van der Waals surface area contributed by atoms with Gasteiger partial charge in [-0.25, -0.2) is 9.48 Å². The van der Waals surface area contributed by atoms with Crippen LogP contribution in [0.5, 0.6) is 0 Å². The molecule has 3 amide bonds. The van der Waals surface area contributed by atoms with Gasteiger partial charge < -0.3 is 20.3 Å². The number of carbonyl (C=O) groups excluding carboxylic acids is 2. The SMILES string of the molecule is COCCN1C[C@@H](CNC(=O)Nc2cc(C(=O)NC(C)C)nn2-c2ccccc2)[C@H](c2ccccc2)C1. The first-order chi connectivity index (χ1) is 17.9. The zero-order valence-corrected chi connectivity index (χ0v) is 21.7. The number of rotatable bonds is 10. The number of likely N-dealkylation sites (tertiary alicyclic amines) is 1. The number of hydrogen-bond donors (Lipinski definition) is 3. The van der Waals surface area contributed by atoms with Crippen molar-refractivity contribution in [3.63, 3.8) is 0 Å². The summed E-state index contributed by atoms with van der Waals surface area (Å²) in [5, 5.41) is 13.3. The molecule has 0 aliphatic carbocycles. The predicted octanol–water partition coefficient (Wildman–Crippen LogP) is 3.49. The van der Waals surface area contributed by atoms with Crippen LogP contribution in [-0.4, -0.2) is 72.6 Å². The van der Waals surface area contributed by atoms with Gasteiger partial charge in [-0.15, -0.1) is 0 Å². The van der Waals surface area contributed by atoms with Crippen LogP contribution < -0.4 is 16.0 Å². The van der Waals surface area contributed by atoms with Gasteiger partial charge in [0.05, 0.1) is 12.3 Å². The van der Waals surface area contributed by atoms with Crippen molar-refractivity contribution in [1.82, 2.24) is 25.3 Å². The third-order valence-electron chi connectivity index (χ3n) is 6.48. The molecule has 3 N–H and O–H groups in total. The molecule has 37 heavy (non-hydrogen) atoms. The van der Waals surface area contributed by atoms with Crippen LogP contribution in [0.4, 0.5) is 10.6 Å². The highest BCUT2D eigenvalue weighted by atomic mass is 16.5. The van der Waals surface area contributed by atoms with E-state index >= 15 is 0 Å². The third kappa shape index (κ3) is 6.96. The van der Waals surface area contributed by atoms with Crippen LogP contribution in [0.3, 0.4) is 0 Å². The van der Waals surface area contributed by atoms with Crippen molar-refractivity contribution in [2.75, 3.05) is 45.2 Å². The Bertz CT molecular complexity index is 1170. The number of methoxy groups -OCH3 is 1. The smallest absolute Gasteiger partial charge is 0.320 e. The number of ether oxygens (including phenoxy) is 1. The molecule has 0 saturated carbocycles. The van der Waals surface area contributed by atoms with Crippen molar-refractivity contribution in [3.8, 4) is 5.69 Å². The van der Waals surface area contributed by atoms with Crippen molar-refractivity contribution in [1.29, 1.82) is 0 Å². The van der Waals surface area contributed by atoms with Crippen molar-refractivity contribution >= 4 is 17.8 Å². The average molecular weight is 505 g/mol. The molecule has 0 spiro atoms. The van der Waals surface area contributed by atoms with Gasteiger partial charge in [0.1, 0.15) is 5.82 Å². The number of hydrogen-bond acceptors (Lipinski definition) is 5. The Morgan fingerprint density at radius 1 is 1.05 bits per heavy atom. The minimum absolute atomic E-state index is 0.0264. The Morgan fingerprint density at radius 3 is 2.43 bits per heavy atom. The zero-order valence-electron chi connectivity index (χ0n) is 21.7. The minimum atomic E-state index is -0.338. The van der Waals surface area contributed by atoms with Gasteiger partial charge in [0.25, 0.3) is 5.91 Å². The molecule has 2 aromatic carbocycles. The number of nitrogens with zero attached hydrogens (tertiary/aromatic N) is 3. The second kappa shape index (κ2) is 12.5. The molecule has 0 radical (unpaired) electrons. The molecular formula is C28H36N6O3. The molecule has 9 nitrogen and oxygen atoms in total. The summed E-state index contributed by atoms with van der Waals surface area (Å²) in [5.74, 6) is 0.710. The first-order valence-corrected chi connectivity index (χ1v) is 12.7. The van der Waals surface area contributed by atoms with Crippen molar-refractivity contribution < 1.29 is 14.3 Å². The van der Waals surface area contributed by atoms with Crippen molar-refractivity contribution in [2.24, 2.45) is 5.92 Å². The van der Waals surface area contributed by atoms with Gasteiger partial charge in [-0.1, -0.05) is 48.5 Å². The fourth-order valence-corrected chi connectivity index (χ4v) is 4.72. The molecule has 1 aliphatic rings. The summed E-state index contributed by atoms with van der Waals surface area (Å²) < 4.78 is 6.85. The summed E-state index contributed by atoms with van der Waals surface area (Å²) in [6.07, 6.45) is 0. The van der Waals surface area contributed by atoms with E-state index in [0.29, 0.717) is 24.9 Å². The molecule has 1 aliphatic heterocycles. The summed E-state index contributed by atoms with van der Waals surface area (Å²) in [6, 6.07) is 21.1. The molecule has 1 aromatic heterocycles. The van der Waals surface area contributed by atoms with Crippen LogP contribution >= 0.6 is 0 Å². The molecule has 0 unspecified atom stereocenters. The lowest BCUT2D eigenvalue weighted by Crippen LogP contribution is -2.36. The molecule has 2 atom stereocenters. The second-order valence-electron chi connectivity index (χ2n) is 9.65. The standard InChI is InChI=1S/C28H36N6O3/c1-20(2)30-27(35)25-16-26(34(32-25)23-12-8-5-9-13-23)31-28(36)29-17-22-18-33(14-15-37-3)19-24(22)21-10-6-4-7-11-21/h4-13,16,20,22,24H,14-15,17-19H2,1-3H3,(H,30,35)(H2,29,31,36)/t22-,24+/m1/s1. The Morgan fingerprint density at radius 2 is 1.76 bits per heavy atom. The van der Waals surface area contributed by atoms with Gasteiger partial charge in [0, 0.05) is 51.3 Å². The van der Waals surface area contributed by atoms with E-state index in [9.17, 15) is 9.59 Å². The number of anilines is 1. The highest BCUT2D eigenvalue weighted by Gasteiger charge is 2.33. The summed E-state index contributed by atoms with van der Waals surface area (Å²) in [5.41, 5.74) is 2.26. The molecule has 3 aromatic rings. The topological polar surface area (TPSA) is 101 Å². The molecule has 1 saturated heterocycles. The van der Waals surface area contributed by atoms with E-state index in [1.165, 1.54) is 5.56 Å². The van der Waals surface area contributed by atoms with E-state index < -0.39 is 0 Å². The lowest BCUT2D eigenvalue weighted by Gasteiger charge is -2.19. The Kier molecular flexibility index (Phi) is 8.92. The minimum Gasteiger partial charge on any atom is -0.383 e. The Balaban J connectivity index is 1.46. The monoisotopic (exact) mass is 504 g/mol. The van der Waals surface area contributed by atoms with Crippen LogP contribution in [0.15, 0.2) is 66.7 Å². The first-order valence-electron chi connectivity index (χ1n) is 12.7. The van der Waals surface area contributed by atoms with Gasteiger partial charge in [-0.3, -0.25) is 10.1 Å². The normalized spacial score (nSPS) is 17.6. The predicted molar refractivity (Wildman–Crippen MR) is 144 cm³/mol. The number of urea groups is 1. The summed E-state index contributed by atoms with van der Waals surface area (Å²) in [6.45, 7) is 7.65. The van der Waals surface area contributed by atoms with Crippen LogP contribution in [0.25, 0.3) is 5.69 Å². The molecule has 2 heterocycles. The maximum Gasteiger partial charge on any atom is 0.320 e. The van der Waals surface area contributed by atoms with Crippen molar-refractivity contribution in [3.05, 3.63) is 78.0 Å². The van der Waals surface area contributed by atoms with Gasteiger partial charge >= 0.3 is 6.03 Å². The highest BCUT2D eigenvalue weighted by Crippen LogP contribution is 2.32. The lowest BCUT2D eigenvalue weighted by molar-refractivity contribution is 0.0937. The van der Waals surface area contributed by atoms with Gasteiger partial charge in [0.15, 0.2) is 5.69 Å². The van der Waals surface area contributed by atoms with Crippen LogP contribution in [0, 0.1) is 5.92 Å². The van der Waals surface area contributed by atoms with E-state index in [-0.39, 0.29) is 29.6 Å². The second-order valence-corrected chi connectivity index (χ2v) is 9.65. The summed E-state index contributed by atoms with van der Waals surface area (Å²) in [4.78, 5) is 28.0. The van der Waals surface area contributed by atoms with Gasteiger partial charge in [-0.05, 0) is 37.5 Å². The van der Waals surface area contributed by atoms with Crippen LogP contribution in [0.2, 0.25) is 0 Å². The fourth-order valence-electron chi connectivity index (χ4n) is 4.72.